The molecule has 2 aromatic rings. The van der Waals surface area contributed by atoms with Gasteiger partial charge in [0, 0.05) is 11.0 Å². The topological polar surface area (TPSA) is 51.0 Å². The van der Waals surface area contributed by atoms with Gasteiger partial charge >= 0.3 is 0 Å². The highest BCUT2D eigenvalue weighted by molar-refractivity contribution is 9.10. The van der Waals surface area contributed by atoms with E-state index in [0.29, 0.717) is 12.4 Å². The summed E-state index contributed by atoms with van der Waals surface area (Å²) in [6.45, 7) is 1.38. The third kappa shape index (κ3) is 2.87. The molecule has 1 N–H and O–H groups in total. The number of hydrogen-bond donors (Lipinski definition) is 1. The quantitative estimate of drug-likeness (QED) is 0.922. The Morgan fingerprint density at radius 3 is 2.87 bits per heavy atom. The van der Waals surface area contributed by atoms with Gasteiger partial charge in [-0.3, -0.25) is 0 Å². The molecule has 0 amide bonds. The van der Waals surface area contributed by atoms with Crippen LogP contribution >= 0.6 is 15.9 Å². The molecule has 78 valence electrons. The number of nitrogens with one attached hydrogen (secondary N) is 1. The highest BCUT2D eigenvalue weighted by atomic mass is 79.9. The van der Waals surface area contributed by atoms with Gasteiger partial charge in [-0.25, -0.2) is 0 Å². The summed E-state index contributed by atoms with van der Waals surface area (Å²) in [5.41, 5.74) is 1.21. The van der Waals surface area contributed by atoms with Crippen molar-refractivity contribution in [3.05, 3.63) is 46.5 Å². The lowest BCUT2D eigenvalue weighted by Gasteiger charge is -2.04. The first-order valence-electron chi connectivity index (χ1n) is 4.55. The number of hydrogen-bond acceptors (Lipinski definition) is 4. The molecule has 0 saturated heterocycles. The van der Waals surface area contributed by atoms with Crippen molar-refractivity contribution in [1.29, 1.82) is 0 Å². The molecular formula is C10H10BrN3O. The fourth-order valence-electron chi connectivity index (χ4n) is 1.22. The molecule has 0 fully saturated rings. The molecule has 0 atom stereocenters. The summed E-state index contributed by atoms with van der Waals surface area (Å²) in [5.74, 6) is 0.669. The summed E-state index contributed by atoms with van der Waals surface area (Å²) in [6, 6.07) is 8.08. The van der Waals surface area contributed by atoms with Crippen LogP contribution in [0.25, 0.3) is 0 Å². The number of benzene rings is 1. The van der Waals surface area contributed by atoms with Crippen molar-refractivity contribution in [3.63, 3.8) is 0 Å². The van der Waals surface area contributed by atoms with Gasteiger partial charge in [-0.05, 0) is 11.6 Å². The second-order valence-corrected chi connectivity index (χ2v) is 3.90. The fraction of sp³-hybridized carbons (Fsp3) is 0.200. The molecule has 2 rings (SSSR count). The maximum atomic E-state index is 4.63. The van der Waals surface area contributed by atoms with Crippen LogP contribution in [0.2, 0.25) is 0 Å². The van der Waals surface area contributed by atoms with Gasteiger partial charge in [-0.2, -0.15) is 4.98 Å². The number of halogens is 1. The van der Waals surface area contributed by atoms with Crippen LogP contribution in [-0.2, 0) is 13.1 Å². The van der Waals surface area contributed by atoms with Crippen LogP contribution in [0, 0.1) is 0 Å². The Kier molecular flexibility index (Phi) is 3.47. The average molecular weight is 268 g/mol. The molecule has 1 heterocycles. The van der Waals surface area contributed by atoms with Crippen LogP contribution in [0.3, 0.4) is 0 Å². The fourth-order valence-corrected chi connectivity index (χ4v) is 1.65. The van der Waals surface area contributed by atoms with Gasteiger partial charge in [0.05, 0.1) is 6.54 Å². The van der Waals surface area contributed by atoms with E-state index in [2.05, 4.69) is 42.0 Å². The standard InChI is InChI=1S/C10H10BrN3O/c11-9-4-2-1-3-8(9)5-12-6-10-13-7-15-14-10/h1-4,7,12H,5-6H2. The van der Waals surface area contributed by atoms with E-state index < -0.39 is 0 Å². The zero-order chi connectivity index (χ0) is 10.5. The van der Waals surface area contributed by atoms with Gasteiger partial charge in [0.2, 0.25) is 6.39 Å². The van der Waals surface area contributed by atoms with Crippen LogP contribution in [0.1, 0.15) is 11.4 Å². The maximum absolute atomic E-state index is 4.63. The minimum Gasteiger partial charge on any atom is -0.343 e. The Morgan fingerprint density at radius 1 is 1.27 bits per heavy atom. The van der Waals surface area contributed by atoms with Crippen molar-refractivity contribution in [2.24, 2.45) is 0 Å². The van der Waals surface area contributed by atoms with Crippen LogP contribution in [0.5, 0.6) is 0 Å². The first-order valence-corrected chi connectivity index (χ1v) is 5.35. The molecule has 0 radical (unpaired) electrons. The summed E-state index contributed by atoms with van der Waals surface area (Å²) >= 11 is 3.49. The van der Waals surface area contributed by atoms with E-state index in [1.54, 1.807) is 0 Å². The van der Waals surface area contributed by atoms with Gasteiger partial charge < -0.3 is 9.84 Å². The number of rotatable bonds is 4. The van der Waals surface area contributed by atoms with Gasteiger partial charge in [-0.15, -0.1) is 0 Å². The summed E-state index contributed by atoms with van der Waals surface area (Å²) in [6.07, 6.45) is 1.33. The molecule has 0 aliphatic heterocycles. The monoisotopic (exact) mass is 267 g/mol. The summed E-state index contributed by atoms with van der Waals surface area (Å²) in [4.78, 5) is 3.92. The number of nitrogens with zero attached hydrogens (tertiary/aromatic N) is 2. The van der Waals surface area contributed by atoms with Crippen molar-refractivity contribution >= 4 is 15.9 Å². The van der Waals surface area contributed by atoms with Gasteiger partial charge in [-0.1, -0.05) is 39.3 Å². The molecule has 0 saturated carbocycles. The van der Waals surface area contributed by atoms with Crippen molar-refractivity contribution < 1.29 is 4.52 Å². The Bertz CT molecular complexity index is 416. The first kappa shape index (κ1) is 10.3. The van der Waals surface area contributed by atoms with Crippen molar-refractivity contribution in [2.75, 3.05) is 0 Å². The molecule has 15 heavy (non-hydrogen) atoms. The molecule has 5 heteroatoms. The third-order valence-electron chi connectivity index (χ3n) is 1.96. The molecule has 0 aliphatic carbocycles. The predicted molar refractivity (Wildman–Crippen MR) is 59.0 cm³/mol. The van der Waals surface area contributed by atoms with E-state index in [4.69, 9.17) is 0 Å². The smallest absolute Gasteiger partial charge is 0.213 e. The molecule has 1 aromatic carbocycles. The minimum absolute atomic E-state index is 0.609. The summed E-state index contributed by atoms with van der Waals surface area (Å²) in [5, 5.41) is 6.94. The van der Waals surface area contributed by atoms with Crippen molar-refractivity contribution in [3.8, 4) is 0 Å². The van der Waals surface area contributed by atoms with Crippen LogP contribution in [0.15, 0.2) is 39.7 Å². The van der Waals surface area contributed by atoms with Crippen LogP contribution in [-0.4, -0.2) is 10.1 Å². The Labute approximate surface area is 95.8 Å². The van der Waals surface area contributed by atoms with Crippen molar-refractivity contribution in [1.82, 2.24) is 15.5 Å². The van der Waals surface area contributed by atoms with E-state index in [-0.39, 0.29) is 0 Å². The summed E-state index contributed by atoms with van der Waals surface area (Å²) in [7, 11) is 0. The molecule has 4 nitrogen and oxygen atoms in total. The zero-order valence-electron chi connectivity index (χ0n) is 7.98. The van der Waals surface area contributed by atoms with Gasteiger partial charge in [0.1, 0.15) is 0 Å². The lowest BCUT2D eigenvalue weighted by Crippen LogP contribution is -2.13. The largest absolute Gasteiger partial charge is 0.343 e. The van der Waals surface area contributed by atoms with Gasteiger partial charge in [0.15, 0.2) is 5.82 Å². The van der Waals surface area contributed by atoms with E-state index in [9.17, 15) is 0 Å². The van der Waals surface area contributed by atoms with Crippen LogP contribution in [0.4, 0.5) is 0 Å². The zero-order valence-corrected chi connectivity index (χ0v) is 9.57. The minimum atomic E-state index is 0.609. The Morgan fingerprint density at radius 2 is 2.13 bits per heavy atom. The maximum Gasteiger partial charge on any atom is 0.213 e. The lowest BCUT2D eigenvalue weighted by atomic mass is 10.2. The second-order valence-electron chi connectivity index (χ2n) is 3.04. The van der Waals surface area contributed by atoms with E-state index in [1.165, 1.54) is 12.0 Å². The average Bonchev–Trinajstić information content (AvgIpc) is 2.74. The molecule has 0 unspecified atom stereocenters. The van der Waals surface area contributed by atoms with E-state index in [1.807, 2.05) is 18.2 Å². The Balaban J connectivity index is 1.86. The molecule has 0 spiro atoms. The summed E-state index contributed by atoms with van der Waals surface area (Å²) < 4.78 is 5.73. The second kappa shape index (κ2) is 5.04. The number of aromatic nitrogens is 2. The molecular weight excluding hydrogens is 258 g/mol. The third-order valence-corrected chi connectivity index (χ3v) is 2.74. The van der Waals surface area contributed by atoms with Crippen molar-refractivity contribution in [2.45, 2.75) is 13.1 Å². The molecule has 1 aromatic heterocycles. The lowest BCUT2D eigenvalue weighted by molar-refractivity contribution is 0.407. The predicted octanol–water partition coefficient (Wildman–Crippen LogP) is 2.12. The normalized spacial score (nSPS) is 10.5. The van der Waals surface area contributed by atoms with Crippen LogP contribution < -0.4 is 5.32 Å². The first-order chi connectivity index (χ1) is 7.36. The Hall–Kier alpha value is -1.20. The highest BCUT2D eigenvalue weighted by Crippen LogP contribution is 2.15. The van der Waals surface area contributed by atoms with E-state index in [0.717, 1.165) is 11.0 Å². The van der Waals surface area contributed by atoms with E-state index >= 15 is 0 Å². The highest BCUT2D eigenvalue weighted by Gasteiger charge is 2.00. The molecule has 0 bridgehead atoms. The SMILES string of the molecule is Brc1ccccc1CNCc1ncon1. The molecule has 0 aliphatic rings. The van der Waals surface area contributed by atoms with Gasteiger partial charge in [0.25, 0.3) is 0 Å².